The topological polar surface area (TPSA) is 17.1 Å². The summed E-state index contributed by atoms with van der Waals surface area (Å²) in [5.41, 5.74) is 0.775. The summed E-state index contributed by atoms with van der Waals surface area (Å²) in [5.74, 6) is 6.67. The molecule has 1 aromatic rings. The summed E-state index contributed by atoms with van der Waals surface area (Å²) >= 11 is 0. The van der Waals surface area contributed by atoms with Crippen molar-refractivity contribution in [2.45, 2.75) is 52.4 Å². The van der Waals surface area contributed by atoms with E-state index in [1.807, 2.05) is 49.4 Å². The minimum Gasteiger partial charge on any atom is -0.294 e. The van der Waals surface area contributed by atoms with Crippen molar-refractivity contribution in [1.29, 1.82) is 0 Å². The van der Waals surface area contributed by atoms with Gasteiger partial charge in [-0.2, -0.15) is 0 Å². The average Bonchev–Trinajstić information content (AvgIpc) is 2.51. The maximum atomic E-state index is 12.2. The largest absolute Gasteiger partial charge is 0.294 e. The molecule has 112 valence electrons. The Kier molecular flexibility index (Phi) is 8.96. The number of ketones is 1. The molecule has 0 aliphatic rings. The molecule has 0 heterocycles. The predicted octanol–water partition coefficient (Wildman–Crippen LogP) is 5.43. The molecule has 1 nitrogen and oxygen atoms in total. The van der Waals surface area contributed by atoms with E-state index in [2.05, 4.69) is 18.8 Å². The van der Waals surface area contributed by atoms with Crippen molar-refractivity contribution in [2.75, 3.05) is 0 Å². The lowest BCUT2D eigenvalue weighted by Crippen LogP contribution is -2.05. The van der Waals surface area contributed by atoms with Gasteiger partial charge in [0.05, 0.1) is 0 Å². The number of rotatable bonds is 8. The minimum atomic E-state index is 0.0360. The van der Waals surface area contributed by atoms with Crippen LogP contribution in [0, 0.1) is 17.8 Å². The number of carbonyl (C=O) groups is 1. The molecule has 0 saturated heterocycles. The Bertz CT molecular complexity index is 488. The van der Waals surface area contributed by atoms with E-state index >= 15 is 0 Å². The zero-order valence-electron chi connectivity index (χ0n) is 13.3. The molecule has 0 aliphatic heterocycles. The number of hydrogen-bond acceptors (Lipinski definition) is 1. The van der Waals surface area contributed by atoms with Crippen molar-refractivity contribution in [2.24, 2.45) is 5.92 Å². The highest BCUT2D eigenvalue weighted by atomic mass is 16.1. The lowest BCUT2D eigenvalue weighted by atomic mass is 9.98. The molecule has 0 N–H and O–H groups in total. The zero-order valence-corrected chi connectivity index (χ0v) is 13.3. The number of unbranched alkanes of at least 4 members (excludes halogenated alkanes) is 4. The standard InChI is InChI=1S/C20H26O/c1-3-5-6-7-8-10-14-18(13-4-2)17-20(21)19-15-11-9-12-16-19/h4,9,11-13,15-16,18H,3,5-8,17H2,1-2H3/b13-4+. The van der Waals surface area contributed by atoms with Gasteiger partial charge in [0.2, 0.25) is 0 Å². The second-order valence-electron chi connectivity index (χ2n) is 5.26. The minimum absolute atomic E-state index is 0.0360. The van der Waals surface area contributed by atoms with Crippen molar-refractivity contribution < 1.29 is 4.79 Å². The van der Waals surface area contributed by atoms with Crippen LogP contribution in [0.2, 0.25) is 0 Å². The first-order chi connectivity index (χ1) is 10.3. The summed E-state index contributed by atoms with van der Waals surface area (Å²) < 4.78 is 0. The van der Waals surface area contributed by atoms with E-state index in [-0.39, 0.29) is 11.7 Å². The zero-order chi connectivity index (χ0) is 15.3. The predicted molar refractivity (Wildman–Crippen MR) is 90.2 cm³/mol. The summed E-state index contributed by atoms with van der Waals surface area (Å²) in [6.45, 7) is 4.19. The van der Waals surface area contributed by atoms with E-state index in [0.717, 1.165) is 18.4 Å². The number of benzene rings is 1. The molecule has 0 radical (unpaired) electrons. The van der Waals surface area contributed by atoms with Crippen molar-refractivity contribution in [3.05, 3.63) is 48.0 Å². The molecule has 0 amide bonds. The van der Waals surface area contributed by atoms with Gasteiger partial charge in [-0.05, 0) is 13.3 Å². The van der Waals surface area contributed by atoms with Gasteiger partial charge >= 0.3 is 0 Å². The fourth-order valence-electron chi connectivity index (χ4n) is 2.18. The smallest absolute Gasteiger partial charge is 0.164 e. The number of allylic oxidation sites excluding steroid dienone is 2. The van der Waals surface area contributed by atoms with Crippen LogP contribution in [-0.4, -0.2) is 5.78 Å². The second-order valence-corrected chi connectivity index (χ2v) is 5.26. The summed E-state index contributed by atoms with van der Waals surface area (Å²) in [4.78, 5) is 12.2. The van der Waals surface area contributed by atoms with Crippen LogP contribution in [-0.2, 0) is 0 Å². The molecule has 1 heteroatoms. The SMILES string of the molecule is C/C=C/C(C#CCCCCCC)CC(=O)c1ccccc1. The van der Waals surface area contributed by atoms with Crippen LogP contribution < -0.4 is 0 Å². The Morgan fingerprint density at radius 3 is 2.62 bits per heavy atom. The molecule has 0 bridgehead atoms. The molecule has 0 saturated carbocycles. The molecule has 1 unspecified atom stereocenters. The summed E-state index contributed by atoms with van der Waals surface area (Å²) in [7, 11) is 0. The first-order valence-electron chi connectivity index (χ1n) is 7.97. The highest BCUT2D eigenvalue weighted by molar-refractivity contribution is 5.96. The van der Waals surface area contributed by atoms with Gasteiger partial charge in [0.1, 0.15) is 0 Å². The lowest BCUT2D eigenvalue weighted by molar-refractivity contribution is 0.0976. The first kappa shape index (κ1) is 17.2. The van der Waals surface area contributed by atoms with Crippen LogP contribution in [0.3, 0.4) is 0 Å². The van der Waals surface area contributed by atoms with Gasteiger partial charge in [0.15, 0.2) is 5.78 Å². The molecule has 1 rings (SSSR count). The van der Waals surface area contributed by atoms with Crippen LogP contribution in [0.25, 0.3) is 0 Å². The van der Waals surface area contributed by atoms with E-state index in [4.69, 9.17) is 0 Å². The number of carbonyl (C=O) groups excluding carboxylic acids is 1. The van der Waals surface area contributed by atoms with Gasteiger partial charge < -0.3 is 0 Å². The monoisotopic (exact) mass is 282 g/mol. The second kappa shape index (κ2) is 10.9. The third-order valence-corrected chi connectivity index (χ3v) is 3.37. The molecule has 1 aromatic carbocycles. The van der Waals surface area contributed by atoms with Crippen molar-refractivity contribution in [3.8, 4) is 11.8 Å². The maximum Gasteiger partial charge on any atom is 0.164 e. The molecular formula is C20H26O. The van der Waals surface area contributed by atoms with Gasteiger partial charge in [0.25, 0.3) is 0 Å². The third-order valence-electron chi connectivity index (χ3n) is 3.37. The van der Waals surface area contributed by atoms with Crippen LogP contribution in [0.5, 0.6) is 0 Å². The Morgan fingerprint density at radius 1 is 1.19 bits per heavy atom. The fourth-order valence-corrected chi connectivity index (χ4v) is 2.18. The van der Waals surface area contributed by atoms with Crippen LogP contribution in [0.1, 0.15) is 62.7 Å². The van der Waals surface area contributed by atoms with E-state index in [1.54, 1.807) is 0 Å². The Hall–Kier alpha value is -1.81. The van der Waals surface area contributed by atoms with E-state index in [1.165, 1.54) is 19.3 Å². The number of hydrogen-bond donors (Lipinski definition) is 0. The van der Waals surface area contributed by atoms with Crippen molar-refractivity contribution >= 4 is 5.78 Å². The summed E-state index contributed by atoms with van der Waals surface area (Å²) in [6.07, 6.45) is 10.4. The van der Waals surface area contributed by atoms with E-state index in [0.29, 0.717) is 6.42 Å². The van der Waals surface area contributed by atoms with Crippen LogP contribution >= 0.6 is 0 Å². The normalized spacial score (nSPS) is 11.9. The van der Waals surface area contributed by atoms with E-state index in [9.17, 15) is 4.79 Å². The van der Waals surface area contributed by atoms with Gasteiger partial charge in [-0.3, -0.25) is 4.79 Å². The van der Waals surface area contributed by atoms with Gasteiger partial charge in [-0.1, -0.05) is 74.6 Å². The van der Waals surface area contributed by atoms with E-state index < -0.39 is 0 Å². The molecule has 0 fully saturated rings. The van der Waals surface area contributed by atoms with Crippen molar-refractivity contribution in [3.63, 3.8) is 0 Å². The highest BCUT2D eigenvalue weighted by Gasteiger charge is 2.10. The fraction of sp³-hybridized carbons (Fsp3) is 0.450. The van der Waals surface area contributed by atoms with Gasteiger partial charge in [0, 0.05) is 24.3 Å². The molecule has 0 aliphatic carbocycles. The first-order valence-corrected chi connectivity index (χ1v) is 7.97. The highest BCUT2D eigenvalue weighted by Crippen LogP contribution is 2.11. The van der Waals surface area contributed by atoms with Crippen molar-refractivity contribution in [1.82, 2.24) is 0 Å². The maximum absolute atomic E-state index is 12.2. The molecule has 0 spiro atoms. The number of Topliss-reactive ketones (excluding diaryl/α,β-unsaturated/α-hetero) is 1. The van der Waals surface area contributed by atoms with Gasteiger partial charge in [-0.15, -0.1) is 5.92 Å². The van der Waals surface area contributed by atoms with Gasteiger partial charge in [-0.25, -0.2) is 0 Å². The molecule has 21 heavy (non-hydrogen) atoms. The summed E-state index contributed by atoms with van der Waals surface area (Å²) in [6, 6.07) is 9.46. The molecule has 0 aromatic heterocycles. The lowest BCUT2D eigenvalue weighted by Gasteiger charge is -2.05. The van der Waals surface area contributed by atoms with Crippen LogP contribution in [0.4, 0.5) is 0 Å². The quantitative estimate of drug-likeness (QED) is 0.269. The average molecular weight is 282 g/mol. The Labute approximate surface area is 129 Å². The Morgan fingerprint density at radius 2 is 1.95 bits per heavy atom. The molecular weight excluding hydrogens is 256 g/mol. The third kappa shape index (κ3) is 7.51. The Balaban J connectivity index is 2.50. The summed E-state index contributed by atoms with van der Waals surface area (Å²) in [5, 5.41) is 0. The van der Waals surface area contributed by atoms with Crippen LogP contribution in [0.15, 0.2) is 42.5 Å². The molecule has 1 atom stereocenters.